The number of aliphatic hydroxyl groups excluding tert-OH is 1. The number of carboxylic acids is 1. The second-order valence-corrected chi connectivity index (χ2v) is 4.34. The monoisotopic (exact) mass is 274 g/mol. The number of amides is 2. The summed E-state index contributed by atoms with van der Waals surface area (Å²) in [7, 11) is 1.38. The van der Waals surface area contributed by atoms with Crippen LogP contribution in [0.5, 0.6) is 0 Å². The Hall–Kier alpha value is -1.83. The van der Waals surface area contributed by atoms with Crippen LogP contribution >= 0.6 is 0 Å². The fourth-order valence-electron chi connectivity index (χ4n) is 1.95. The number of ether oxygens (including phenoxy) is 1. The molecule has 108 valence electrons. The SMILES string of the molecule is CCOC(=O)CN(C)C(=O)N1C[C@H](O)C[C@@H]1C(=O)O. The van der Waals surface area contributed by atoms with Crippen molar-refractivity contribution >= 4 is 18.0 Å². The minimum atomic E-state index is -1.17. The Morgan fingerprint density at radius 1 is 1.42 bits per heavy atom. The molecule has 8 nitrogen and oxygen atoms in total. The highest BCUT2D eigenvalue weighted by molar-refractivity contribution is 5.85. The lowest BCUT2D eigenvalue weighted by Gasteiger charge is -2.26. The van der Waals surface area contributed by atoms with Crippen LogP contribution in [0.3, 0.4) is 0 Å². The number of urea groups is 1. The minimum absolute atomic E-state index is 0.00564. The Morgan fingerprint density at radius 2 is 2.05 bits per heavy atom. The van der Waals surface area contributed by atoms with E-state index in [1.807, 2.05) is 0 Å². The smallest absolute Gasteiger partial charge is 0.326 e. The van der Waals surface area contributed by atoms with Crippen LogP contribution in [0.15, 0.2) is 0 Å². The Morgan fingerprint density at radius 3 is 2.58 bits per heavy atom. The second-order valence-electron chi connectivity index (χ2n) is 4.34. The molecule has 8 heteroatoms. The van der Waals surface area contributed by atoms with Gasteiger partial charge in [0.1, 0.15) is 12.6 Å². The van der Waals surface area contributed by atoms with E-state index in [2.05, 4.69) is 0 Å². The summed E-state index contributed by atoms with van der Waals surface area (Å²) in [6.07, 6.45) is -0.866. The third kappa shape index (κ3) is 3.82. The molecule has 1 aliphatic rings. The van der Waals surface area contributed by atoms with Crippen molar-refractivity contribution in [1.29, 1.82) is 0 Å². The van der Waals surface area contributed by atoms with E-state index in [4.69, 9.17) is 9.84 Å². The summed E-state index contributed by atoms with van der Waals surface area (Å²) in [5.74, 6) is -1.74. The molecule has 1 rings (SSSR count). The molecule has 0 unspecified atom stereocenters. The zero-order valence-corrected chi connectivity index (χ0v) is 10.9. The van der Waals surface area contributed by atoms with Crippen molar-refractivity contribution in [3.05, 3.63) is 0 Å². The fraction of sp³-hybridized carbons (Fsp3) is 0.727. The Balaban J connectivity index is 2.65. The van der Waals surface area contributed by atoms with E-state index in [1.54, 1.807) is 6.92 Å². The number of nitrogens with zero attached hydrogens (tertiary/aromatic N) is 2. The molecule has 1 fully saturated rings. The van der Waals surface area contributed by atoms with Crippen molar-refractivity contribution in [2.75, 3.05) is 26.7 Å². The maximum atomic E-state index is 12.0. The lowest BCUT2D eigenvalue weighted by atomic mass is 10.2. The molecule has 1 heterocycles. The zero-order valence-electron chi connectivity index (χ0n) is 10.9. The molecule has 1 saturated heterocycles. The van der Waals surface area contributed by atoms with Gasteiger partial charge in [-0.3, -0.25) is 4.79 Å². The van der Waals surface area contributed by atoms with E-state index in [0.717, 1.165) is 9.80 Å². The van der Waals surface area contributed by atoms with Gasteiger partial charge in [-0.25, -0.2) is 9.59 Å². The number of carbonyl (C=O) groups is 3. The van der Waals surface area contributed by atoms with E-state index in [9.17, 15) is 19.5 Å². The summed E-state index contributed by atoms with van der Waals surface area (Å²) in [5.41, 5.74) is 0. The highest BCUT2D eigenvalue weighted by Gasteiger charge is 2.40. The molecule has 0 aromatic heterocycles. The number of hydrogen-bond donors (Lipinski definition) is 2. The van der Waals surface area contributed by atoms with Crippen molar-refractivity contribution in [2.45, 2.75) is 25.5 Å². The summed E-state index contributed by atoms with van der Waals surface area (Å²) in [4.78, 5) is 36.4. The number of carbonyl (C=O) groups excluding carboxylic acids is 2. The number of likely N-dealkylation sites (tertiary alicyclic amines) is 1. The van der Waals surface area contributed by atoms with Gasteiger partial charge in [0.25, 0.3) is 0 Å². The molecule has 2 amide bonds. The third-order valence-corrected chi connectivity index (χ3v) is 2.81. The number of carboxylic acid groups (broad SMARTS) is 1. The van der Waals surface area contributed by atoms with E-state index in [1.165, 1.54) is 7.05 Å². The van der Waals surface area contributed by atoms with Gasteiger partial charge in [0.15, 0.2) is 0 Å². The molecule has 0 radical (unpaired) electrons. The molecule has 1 aliphatic heterocycles. The molecule has 0 saturated carbocycles. The van der Waals surface area contributed by atoms with Gasteiger partial charge in [-0.2, -0.15) is 0 Å². The highest BCUT2D eigenvalue weighted by Crippen LogP contribution is 2.19. The third-order valence-electron chi connectivity index (χ3n) is 2.81. The number of aliphatic carboxylic acids is 1. The number of hydrogen-bond acceptors (Lipinski definition) is 5. The minimum Gasteiger partial charge on any atom is -0.480 e. The van der Waals surface area contributed by atoms with Crippen LogP contribution in [0.1, 0.15) is 13.3 Å². The lowest BCUT2D eigenvalue weighted by Crippen LogP contribution is -2.48. The van der Waals surface area contributed by atoms with Crippen LogP contribution in [0.2, 0.25) is 0 Å². The molecule has 2 atom stereocenters. The van der Waals surface area contributed by atoms with Gasteiger partial charge in [0.2, 0.25) is 0 Å². The van der Waals surface area contributed by atoms with Crippen molar-refractivity contribution in [1.82, 2.24) is 9.80 Å². The first-order valence-electron chi connectivity index (χ1n) is 5.95. The van der Waals surface area contributed by atoms with Crippen molar-refractivity contribution in [3.8, 4) is 0 Å². The Labute approximate surface area is 110 Å². The topological polar surface area (TPSA) is 107 Å². The summed E-state index contributed by atoms with van der Waals surface area (Å²) in [6, 6.07) is -1.68. The molecule has 19 heavy (non-hydrogen) atoms. The Bertz CT molecular complexity index is 372. The summed E-state index contributed by atoms with van der Waals surface area (Å²) in [5, 5.41) is 18.4. The van der Waals surface area contributed by atoms with Gasteiger partial charge >= 0.3 is 18.0 Å². The first-order valence-corrected chi connectivity index (χ1v) is 5.95. The van der Waals surface area contributed by atoms with Crippen molar-refractivity contribution in [3.63, 3.8) is 0 Å². The average Bonchev–Trinajstić information content (AvgIpc) is 2.70. The van der Waals surface area contributed by atoms with Gasteiger partial charge in [-0.05, 0) is 6.92 Å². The van der Waals surface area contributed by atoms with E-state index < -0.39 is 30.1 Å². The molecular formula is C11H18N2O6. The van der Waals surface area contributed by atoms with Gasteiger partial charge < -0.3 is 24.7 Å². The molecule has 0 aromatic carbocycles. The maximum Gasteiger partial charge on any atom is 0.326 e. The van der Waals surface area contributed by atoms with Gasteiger partial charge in [0.05, 0.1) is 12.7 Å². The van der Waals surface area contributed by atoms with Gasteiger partial charge in [-0.15, -0.1) is 0 Å². The lowest BCUT2D eigenvalue weighted by molar-refractivity contribution is -0.143. The van der Waals surface area contributed by atoms with Crippen LogP contribution in [0.4, 0.5) is 4.79 Å². The van der Waals surface area contributed by atoms with Crippen molar-refractivity contribution < 1.29 is 29.3 Å². The maximum absolute atomic E-state index is 12.0. The first-order chi connectivity index (χ1) is 8.86. The van der Waals surface area contributed by atoms with Crippen LogP contribution < -0.4 is 0 Å². The van der Waals surface area contributed by atoms with Crippen LogP contribution in [-0.4, -0.2) is 76.9 Å². The zero-order chi connectivity index (χ0) is 14.6. The molecule has 2 N–H and O–H groups in total. The number of aliphatic hydroxyl groups is 1. The summed E-state index contributed by atoms with van der Waals surface area (Å²) in [6.45, 7) is 1.55. The Kier molecular flexibility index (Phi) is 5.11. The predicted molar refractivity (Wildman–Crippen MR) is 63.4 cm³/mol. The summed E-state index contributed by atoms with van der Waals surface area (Å²) < 4.78 is 4.70. The standard InChI is InChI=1S/C11H18N2O6/c1-3-19-9(15)6-12(2)11(18)13-5-7(14)4-8(13)10(16)17/h7-8,14H,3-6H2,1-2H3,(H,16,17)/t7-,8-/m1/s1. The second kappa shape index (κ2) is 6.37. The van der Waals surface area contributed by atoms with E-state index in [-0.39, 0.29) is 26.1 Å². The molecule has 0 aromatic rings. The fourth-order valence-corrected chi connectivity index (χ4v) is 1.95. The quantitative estimate of drug-likeness (QED) is 0.645. The van der Waals surface area contributed by atoms with E-state index >= 15 is 0 Å². The molecule has 0 bridgehead atoms. The highest BCUT2D eigenvalue weighted by atomic mass is 16.5. The van der Waals surface area contributed by atoms with Gasteiger partial charge in [0, 0.05) is 20.0 Å². The number of β-amino-alcohol motifs (C(OH)–C–C–N with tert-alkyl or cyclic N) is 1. The number of esters is 1. The van der Waals surface area contributed by atoms with Crippen molar-refractivity contribution in [2.24, 2.45) is 0 Å². The van der Waals surface area contributed by atoms with Crippen LogP contribution in [0, 0.1) is 0 Å². The van der Waals surface area contributed by atoms with Crippen LogP contribution in [0.25, 0.3) is 0 Å². The largest absolute Gasteiger partial charge is 0.480 e. The first kappa shape index (κ1) is 15.2. The van der Waals surface area contributed by atoms with Gasteiger partial charge in [-0.1, -0.05) is 0 Å². The predicted octanol–water partition coefficient (Wildman–Crippen LogP) is -0.879. The number of likely N-dealkylation sites (N-methyl/N-ethyl adjacent to an activating group) is 1. The summed E-state index contributed by atoms with van der Waals surface area (Å²) >= 11 is 0. The van der Waals surface area contributed by atoms with Crippen LogP contribution in [-0.2, 0) is 14.3 Å². The molecule has 0 aliphatic carbocycles. The van der Waals surface area contributed by atoms with E-state index in [0.29, 0.717) is 0 Å². The average molecular weight is 274 g/mol. The normalized spacial score (nSPS) is 22.2. The molecule has 0 spiro atoms. The number of rotatable bonds is 4. The molecular weight excluding hydrogens is 256 g/mol.